The summed E-state index contributed by atoms with van der Waals surface area (Å²) < 4.78 is 0. The first-order valence-corrected chi connectivity index (χ1v) is 8.51. The molecule has 3 aliphatic rings. The van der Waals surface area contributed by atoms with E-state index < -0.39 is 5.60 Å². The molecule has 0 radical (unpaired) electrons. The minimum absolute atomic E-state index is 0.499. The largest absolute Gasteiger partial charge is 0.388 e. The van der Waals surface area contributed by atoms with E-state index in [-0.39, 0.29) is 0 Å². The Bertz CT molecular complexity index is 380. The summed E-state index contributed by atoms with van der Waals surface area (Å²) >= 11 is 0. The molecule has 2 aliphatic heterocycles. The van der Waals surface area contributed by atoms with Crippen molar-refractivity contribution in [3.05, 3.63) is 0 Å². The number of rotatable bonds is 3. The molecular weight excluding hydrogens is 264 g/mol. The van der Waals surface area contributed by atoms with Gasteiger partial charge in [-0.25, -0.2) is 0 Å². The van der Waals surface area contributed by atoms with Gasteiger partial charge in [-0.05, 0) is 52.0 Å². The van der Waals surface area contributed by atoms with E-state index in [1.165, 1.54) is 32.1 Å². The molecule has 2 unspecified atom stereocenters. The summed E-state index contributed by atoms with van der Waals surface area (Å²) in [4.78, 5) is 6.90. The highest BCUT2D eigenvalue weighted by atomic mass is 16.3. The third kappa shape index (κ3) is 3.34. The zero-order valence-corrected chi connectivity index (χ0v) is 13.4. The predicted octanol–water partition coefficient (Wildman–Crippen LogP) is 1.08. The van der Waals surface area contributed by atoms with Gasteiger partial charge in [-0.3, -0.25) is 4.99 Å². The van der Waals surface area contributed by atoms with Gasteiger partial charge in [0, 0.05) is 31.7 Å². The lowest BCUT2D eigenvalue weighted by atomic mass is 9.80. The summed E-state index contributed by atoms with van der Waals surface area (Å²) in [7, 11) is 4.10. The number of nitrogens with one attached hydrogen (secondary N) is 2. The Morgan fingerprint density at radius 3 is 2.43 bits per heavy atom. The highest BCUT2D eigenvalue weighted by Crippen LogP contribution is 2.33. The maximum Gasteiger partial charge on any atom is 0.191 e. The fraction of sp³-hybridized carbons (Fsp3) is 0.938. The first kappa shape index (κ1) is 15.1. The lowest BCUT2D eigenvalue weighted by molar-refractivity contribution is -0.0280. The number of aliphatic hydroxyl groups is 1. The molecule has 3 N–H and O–H groups in total. The topological polar surface area (TPSA) is 59.9 Å². The predicted molar refractivity (Wildman–Crippen MR) is 85.5 cm³/mol. The first-order chi connectivity index (χ1) is 10.1. The van der Waals surface area contributed by atoms with Crippen molar-refractivity contribution in [1.29, 1.82) is 0 Å². The SMILES string of the molecule is CN=C(NCC1(O)CCC1)NC1CC2CCCC(C1)N2C. The number of piperidine rings is 2. The molecule has 0 aromatic heterocycles. The van der Waals surface area contributed by atoms with Gasteiger partial charge < -0.3 is 20.6 Å². The summed E-state index contributed by atoms with van der Waals surface area (Å²) in [6.45, 7) is 0.617. The van der Waals surface area contributed by atoms with Crippen LogP contribution in [-0.4, -0.2) is 60.3 Å². The number of guanidine groups is 1. The number of hydrogen-bond donors (Lipinski definition) is 3. The quantitative estimate of drug-likeness (QED) is 0.538. The average molecular weight is 294 g/mol. The zero-order chi connectivity index (χ0) is 14.9. The van der Waals surface area contributed by atoms with E-state index in [1.54, 1.807) is 0 Å². The number of hydrogen-bond acceptors (Lipinski definition) is 3. The van der Waals surface area contributed by atoms with E-state index in [1.807, 2.05) is 7.05 Å². The Hall–Kier alpha value is -0.810. The molecule has 2 atom stereocenters. The first-order valence-electron chi connectivity index (χ1n) is 8.51. The van der Waals surface area contributed by atoms with Gasteiger partial charge in [-0.2, -0.15) is 0 Å². The van der Waals surface area contributed by atoms with Crippen molar-refractivity contribution in [2.75, 3.05) is 20.6 Å². The smallest absolute Gasteiger partial charge is 0.191 e. The van der Waals surface area contributed by atoms with Crippen molar-refractivity contribution in [3.8, 4) is 0 Å². The van der Waals surface area contributed by atoms with E-state index >= 15 is 0 Å². The van der Waals surface area contributed by atoms with Crippen molar-refractivity contribution in [3.63, 3.8) is 0 Å². The van der Waals surface area contributed by atoms with E-state index in [0.717, 1.165) is 37.3 Å². The van der Waals surface area contributed by atoms with Crippen LogP contribution in [-0.2, 0) is 0 Å². The summed E-state index contributed by atoms with van der Waals surface area (Å²) in [6.07, 6.45) is 9.42. The summed E-state index contributed by atoms with van der Waals surface area (Å²) in [6, 6.07) is 1.96. The Labute approximate surface area is 128 Å². The van der Waals surface area contributed by atoms with Crippen molar-refractivity contribution in [2.45, 2.75) is 75.1 Å². The second-order valence-corrected chi connectivity index (χ2v) is 7.22. The molecule has 21 heavy (non-hydrogen) atoms. The maximum atomic E-state index is 10.2. The van der Waals surface area contributed by atoms with Crippen LogP contribution in [0.4, 0.5) is 0 Å². The molecule has 1 aliphatic carbocycles. The molecule has 1 saturated carbocycles. The van der Waals surface area contributed by atoms with Gasteiger partial charge in [0.15, 0.2) is 5.96 Å². The van der Waals surface area contributed by atoms with E-state index in [9.17, 15) is 5.11 Å². The zero-order valence-electron chi connectivity index (χ0n) is 13.4. The molecule has 5 heteroatoms. The standard InChI is InChI=1S/C16H30N4O/c1-17-15(18-11-16(21)7-4-8-16)19-12-9-13-5-3-6-14(10-12)20(13)2/h12-14,21H,3-11H2,1-2H3,(H2,17,18,19). The van der Waals surface area contributed by atoms with Gasteiger partial charge in [0.2, 0.25) is 0 Å². The van der Waals surface area contributed by atoms with Crippen LogP contribution in [0.5, 0.6) is 0 Å². The van der Waals surface area contributed by atoms with Crippen LogP contribution in [0.3, 0.4) is 0 Å². The second kappa shape index (κ2) is 6.13. The maximum absolute atomic E-state index is 10.2. The molecular formula is C16H30N4O. The van der Waals surface area contributed by atoms with Gasteiger partial charge >= 0.3 is 0 Å². The lowest BCUT2D eigenvalue weighted by Gasteiger charge is -2.47. The van der Waals surface area contributed by atoms with Crippen molar-refractivity contribution < 1.29 is 5.11 Å². The van der Waals surface area contributed by atoms with Crippen molar-refractivity contribution >= 4 is 5.96 Å². The Morgan fingerprint density at radius 1 is 1.24 bits per heavy atom. The summed E-state index contributed by atoms with van der Waals surface area (Å²) in [5.74, 6) is 0.850. The fourth-order valence-corrected chi connectivity index (χ4v) is 4.13. The molecule has 2 saturated heterocycles. The molecule has 2 heterocycles. The minimum Gasteiger partial charge on any atom is -0.388 e. The molecule has 0 aromatic carbocycles. The van der Waals surface area contributed by atoms with Gasteiger partial charge in [-0.1, -0.05) is 6.42 Å². The van der Waals surface area contributed by atoms with Gasteiger partial charge in [0.25, 0.3) is 0 Å². The van der Waals surface area contributed by atoms with Crippen LogP contribution in [0.15, 0.2) is 4.99 Å². The lowest BCUT2D eigenvalue weighted by Crippen LogP contribution is -2.58. The molecule has 120 valence electrons. The third-order valence-corrected chi connectivity index (χ3v) is 5.77. The number of nitrogens with zero attached hydrogens (tertiary/aromatic N) is 2. The van der Waals surface area contributed by atoms with Gasteiger partial charge in [-0.15, -0.1) is 0 Å². The third-order valence-electron chi connectivity index (χ3n) is 5.77. The van der Waals surface area contributed by atoms with E-state index in [0.29, 0.717) is 12.6 Å². The van der Waals surface area contributed by atoms with Crippen molar-refractivity contribution in [2.24, 2.45) is 4.99 Å². The Kier molecular flexibility index (Phi) is 4.41. The monoisotopic (exact) mass is 294 g/mol. The number of fused-ring (bicyclic) bond motifs is 2. The molecule has 3 rings (SSSR count). The molecule has 0 aromatic rings. The summed E-state index contributed by atoms with van der Waals surface area (Å²) in [5, 5.41) is 17.1. The molecule has 0 amide bonds. The molecule has 5 nitrogen and oxygen atoms in total. The Morgan fingerprint density at radius 2 is 1.90 bits per heavy atom. The van der Waals surface area contributed by atoms with Crippen LogP contribution >= 0.6 is 0 Å². The molecule has 3 fully saturated rings. The highest BCUT2D eigenvalue weighted by Gasteiger charge is 2.37. The molecule has 2 bridgehead atoms. The van der Waals surface area contributed by atoms with E-state index in [2.05, 4.69) is 27.6 Å². The van der Waals surface area contributed by atoms with Crippen LogP contribution in [0.1, 0.15) is 51.4 Å². The van der Waals surface area contributed by atoms with Crippen LogP contribution in [0.25, 0.3) is 0 Å². The normalized spacial score (nSPS) is 36.0. The average Bonchev–Trinajstić information content (AvgIpc) is 2.42. The second-order valence-electron chi connectivity index (χ2n) is 7.22. The van der Waals surface area contributed by atoms with Crippen LogP contribution < -0.4 is 10.6 Å². The Balaban J connectivity index is 1.50. The van der Waals surface area contributed by atoms with E-state index in [4.69, 9.17) is 0 Å². The minimum atomic E-state index is -0.499. The van der Waals surface area contributed by atoms with Gasteiger partial charge in [0.1, 0.15) is 0 Å². The van der Waals surface area contributed by atoms with Crippen LogP contribution in [0.2, 0.25) is 0 Å². The summed E-state index contributed by atoms with van der Waals surface area (Å²) in [5.41, 5.74) is -0.499. The number of aliphatic imine (C=N–C) groups is 1. The highest BCUT2D eigenvalue weighted by molar-refractivity contribution is 5.80. The van der Waals surface area contributed by atoms with Crippen molar-refractivity contribution in [1.82, 2.24) is 15.5 Å². The fourth-order valence-electron chi connectivity index (χ4n) is 4.13. The van der Waals surface area contributed by atoms with Crippen LogP contribution in [0, 0.1) is 0 Å². The van der Waals surface area contributed by atoms with Gasteiger partial charge in [0.05, 0.1) is 5.60 Å². The molecule has 0 spiro atoms.